The van der Waals surface area contributed by atoms with Crippen LogP contribution >= 0.6 is 0 Å². The summed E-state index contributed by atoms with van der Waals surface area (Å²) in [5.74, 6) is -2.08. The van der Waals surface area contributed by atoms with Gasteiger partial charge in [-0.15, -0.1) is 0 Å². The van der Waals surface area contributed by atoms with Crippen molar-refractivity contribution < 1.29 is 22.7 Å². The van der Waals surface area contributed by atoms with Crippen molar-refractivity contribution in [1.29, 1.82) is 0 Å². The molecule has 0 amide bonds. The molecule has 22 heavy (non-hydrogen) atoms. The second-order valence-corrected chi connectivity index (χ2v) is 5.88. The van der Waals surface area contributed by atoms with Gasteiger partial charge in [-0.1, -0.05) is 84.0 Å². The van der Waals surface area contributed by atoms with Crippen LogP contribution in [0, 0.1) is 0 Å². The zero-order valence-corrected chi connectivity index (χ0v) is 13.8. The summed E-state index contributed by atoms with van der Waals surface area (Å²) < 4.78 is 39.7. The molecule has 0 unspecified atom stereocenters. The van der Waals surface area contributed by atoms with Gasteiger partial charge < -0.3 is 4.74 Å². The van der Waals surface area contributed by atoms with E-state index in [1.807, 2.05) is 0 Å². The highest BCUT2D eigenvalue weighted by Gasteiger charge is 2.40. The number of rotatable bonds is 14. The molecule has 0 aromatic rings. The number of halogens is 3. The Morgan fingerprint density at radius 2 is 1.09 bits per heavy atom. The number of esters is 1. The molecule has 0 saturated carbocycles. The maximum Gasteiger partial charge on any atom is 0.490 e. The van der Waals surface area contributed by atoms with Gasteiger partial charge in [0.2, 0.25) is 0 Å². The van der Waals surface area contributed by atoms with Gasteiger partial charge in [0, 0.05) is 0 Å². The highest BCUT2D eigenvalue weighted by molar-refractivity contribution is 5.75. The van der Waals surface area contributed by atoms with E-state index < -0.39 is 12.1 Å². The molecule has 0 aliphatic heterocycles. The quantitative estimate of drug-likeness (QED) is 0.281. The van der Waals surface area contributed by atoms with Gasteiger partial charge in [-0.3, -0.25) is 0 Å². The Bertz CT molecular complexity index is 265. The molecule has 2 nitrogen and oxygen atoms in total. The molecule has 0 N–H and O–H groups in total. The van der Waals surface area contributed by atoms with Gasteiger partial charge in [0.05, 0.1) is 6.61 Å². The zero-order valence-electron chi connectivity index (χ0n) is 13.8. The number of unbranched alkanes of at least 4 members (excludes halogenated alkanes) is 12. The maximum absolute atomic E-state index is 11.8. The van der Waals surface area contributed by atoms with Crippen LogP contribution < -0.4 is 0 Å². The fourth-order valence-electron chi connectivity index (χ4n) is 2.37. The van der Waals surface area contributed by atoms with E-state index >= 15 is 0 Å². The second kappa shape index (κ2) is 13.9. The Labute approximate surface area is 132 Å². The van der Waals surface area contributed by atoms with Crippen LogP contribution in [0.1, 0.15) is 90.4 Å². The van der Waals surface area contributed by atoms with Crippen LogP contribution in [0.5, 0.6) is 0 Å². The lowest BCUT2D eigenvalue weighted by Gasteiger charge is -2.07. The van der Waals surface area contributed by atoms with Crippen molar-refractivity contribution >= 4 is 5.97 Å². The summed E-state index contributed by atoms with van der Waals surface area (Å²) in [7, 11) is 0. The van der Waals surface area contributed by atoms with E-state index in [1.165, 1.54) is 57.8 Å². The molecule has 0 bridgehead atoms. The molecule has 0 radical (unpaired) electrons. The van der Waals surface area contributed by atoms with Crippen molar-refractivity contribution in [3.63, 3.8) is 0 Å². The highest BCUT2D eigenvalue weighted by Crippen LogP contribution is 2.17. The molecule has 0 aromatic heterocycles. The summed E-state index contributed by atoms with van der Waals surface area (Å²) >= 11 is 0. The van der Waals surface area contributed by atoms with Crippen LogP contribution in [0.15, 0.2) is 0 Å². The van der Waals surface area contributed by atoms with Crippen molar-refractivity contribution in [2.24, 2.45) is 0 Å². The molecule has 0 fully saturated rings. The third-order valence-electron chi connectivity index (χ3n) is 3.71. The normalized spacial score (nSPS) is 11.6. The molecule has 0 aliphatic rings. The lowest BCUT2D eigenvalue weighted by Crippen LogP contribution is -2.25. The number of hydrogen-bond donors (Lipinski definition) is 0. The van der Waals surface area contributed by atoms with Crippen LogP contribution in [0.25, 0.3) is 0 Å². The van der Waals surface area contributed by atoms with E-state index in [0.717, 1.165) is 19.3 Å². The Kier molecular flexibility index (Phi) is 13.4. The first kappa shape index (κ1) is 21.3. The van der Waals surface area contributed by atoms with Crippen LogP contribution in [-0.2, 0) is 9.53 Å². The van der Waals surface area contributed by atoms with Gasteiger partial charge in [-0.25, -0.2) is 4.79 Å². The molecule has 132 valence electrons. The molecule has 0 rings (SSSR count). The third-order valence-corrected chi connectivity index (χ3v) is 3.71. The average Bonchev–Trinajstić information content (AvgIpc) is 2.46. The van der Waals surface area contributed by atoms with E-state index in [9.17, 15) is 18.0 Å². The molecular weight excluding hydrogens is 293 g/mol. The first-order valence-corrected chi connectivity index (χ1v) is 8.72. The maximum atomic E-state index is 11.8. The SMILES string of the molecule is CCCCCCCCCCCCCCCOC(=O)C(F)(F)F. The topological polar surface area (TPSA) is 26.3 Å². The predicted octanol–water partition coefficient (Wildman–Crippen LogP) is 6.18. The summed E-state index contributed by atoms with van der Waals surface area (Å²) in [5.41, 5.74) is 0. The van der Waals surface area contributed by atoms with Gasteiger partial charge in [0.1, 0.15) is 0 Å². The molecule has 0 heterocycles. The first-order valence-electron chi connectivity index (χ1n) is 8.72. The van der Waals surface area contributed by atoms with Crippen molar-refractivity contribution in [3.05, 3.63) is 0 Å². The minimum Gasteiger partial charge on any atom is -0.459 e. The fourth-order valence-corrected chi connectivity index (χ4v) is 2.37. The van der Waals surface area contributed by atoms with Crippen LogP contribution in [0.3, 0.4) is 0 Å². The van der Waals surface area contributed by atoms with Crippen molar-refractivity contribution in [2.45, 2.75) is 96.6 Å². The van der Waals surface area contributed by atoms with Crippen LogP contribution in [0.4, 0.5) is 13.2 Å². The second-order valence-electron chi connectivity index (χ2n) is 5.88. The van der Waals surface area contributed by atoms with Crippen molar-refractivity contribution in [3.8, 4) is 0 Å². The largest absolute Gasteiger partial charge is 0.490 e. The molecule has 0 aromatic carbocycles. The molecule has 0 spiro atoms. The van der Waals surface area contributed by atoms with Gasteiger partial charge in [0.25, 0.3) is 0 Å². The summed E-state index contributed by atoms with van der Waals surface area (Å²) in [6.45, 7) is 2.09. The number of alkyl halides is 3. The van der Waals surface area contributed by atoms with Gasteiger partial charge >= 0.3 is 12.1 Å². The van der Waals surface area contributed by atoms with Gasteiger partial charge in [0.15, 0.2) is 0 Å². The predicted molar refractivity (Wildman–Crippen MR) is 82.7 cm³/mol. The van der Waals surface area contributed by atoms with E-state index in [-0.39, 0.29) is 6.61 Å². The molecule has 0 atom stereocenters. The van der Waals surface area contributed by atoms with Gasteiger partial charge in [-0.2, -0.15) is 13.2 Å². The van der Waals surface area contributed by atoms with Crippen LogP contribution in [-0.4, -0.2) is 18.8 Å². The fraction of sp³-hybridized carbons (Fsp3) is 0.941. The Hall–Kier alpha value is -0.740. The third kappa shape index (κ3) is 14.2. The number of carbonyl (C=O) groups excluding carboxylic acids is 1. The minimum atomic E-state index is -4.86. The van der Waals surface area contributed by atoms with E-state index in [0.29, 0.717) is 6.42 Å². The van der Waals surface area contributed by atoms with E-state index in [1.54, 1.807) is 0 Å². The smallest absolute Gasteiger partial charge is 0.459 e. The summed E-state index contributed by atoms with van der Waals surface area (Å²) in [5, 5.41) is 0. The minimum absolute atomic E-state index is 0.129. The highest BCUT2D eigenvalue weighted by atomic mass is 19.4. The van der Waals surface area contributed by atoms with E-state index in [2.05, 4.69) is 11.7 Å². The summed E-state index contributed by atoms with van der Waals surface area (Å²) in [4.78, 5) is 10.4. The van der Waals surface area contributed by atoms with Gasteiger partial charge in [-0.05, 0) is 6.42 Å². The van der Waals surface area contributed by atoms with Crippen molar-refractivity contribution in [1.82, 2.24) is 0 Å². The number of carbonyl (C=O) groups is 1. The Balaban J connectivity index is 3.13. The summed E-state index contributed by atoms with van der Waals surface area (Å²) in [6.07, 6.45) is 10.3. The lowest BCUT2D eigenvalue weighted by molar-refractivity contribution is -0.199. The first-order chi connectivity index (χ1) is 10.5. The zero-order chi connectivity index (χ0) is 16.7. The van der Waals surface area contributed by atoms with Crippen molar-refractivity contribution in [2.75, 3.05) is 6.61 Å². The van der Waals surface area contributed by atoms with Crippen LogP contribution in [0.2, 0.25) is 0 Å². The number of hydrogen-bond acceptors (Lipinski definition) is 2. The number of ether oxygens (including phenoxy) is 1. The Morgan fingerprint density at radius 3 is 1.45 bits per heavy atom. The molecule has 5 heteroatoms. The standard InChI is InChI=1S/C17H31F3O2/c1-2-3-4-5-6-7-8-9-10-11-12-13-14-15-22-16(21)17(18,19)20/h2-15H2,1H3. The monoisotopic (exact) mass is 324 g/mol. The van der Waals surface area contributed by atoms with E-state index in [4.69, 9.17) is 0 Å². The lowest BCUT2D eigenvalue weighted by atomic mass is 10.0. The molecule has 0 aliphatic carbocycles. The Morgan fingerprint density at radius 1 is 0.727 bits per heavy atom. The summed E-state index contributed by atoms with van der Waals surface area (Å²) in [6, 6.07) is 0. The molecule has 0 saturated heterocycles. The average molecular weight is 324 g/mol. The molecular formula is C17H31F3O2.